The Morgan fingerprint density at radius 3 is 1.90 bits per heavy atom. The first-order valence-electron chi connectivity index (χ1n) is 18.0. The van der Waals surface area contributed by atoms with Crippen molar-refractivity contribution in [1.29, 1.82) is 0 Å². The van der Waals surface area contributed by atoms with Gasteiger partial charge < -0.3 is 48.0 Å². The standard InChI is InChI=1S/C36H62N2O11SSi2/c1-35(2,3)51(9,10)48-31-27(22-45-33-30(41)29(40)26(21-39)46-33)47-34(32(31)49-52(11,12)36(4,5)6)44-20-19-37-50(42,43)28-18-14-15-23-24(28)16-13-17-25(23)38(7)8/h13-18,26-27,29-34,37,39-41H,19-22H2,1-12H3/t26-,27-,29-,30+,31-,32+,33+,34+/m1/s1. The summed E-state index contributed by atoms with van der Waals surface area (Å²) in [6.45, 7) is 20.8. The quantitative estimate of drug-likeness (QED) is 0.151. The van der Waals surface area contributed by atoms with Crippen molar-refractivity contribution in [3.8, 4) is 0 Å². The first kappa shape index (κ1) is 43.2. The lowest BCUT2D eigenvalue weighted by molar-refractivity contribution is -0.204. The first-order chi connectivity index (χ1) is 23.9. The zero-order valence-electron chi connectivity index (χ0n) is 32.9. The van der Waals surface area contributed by atoms with E-state index in [0.29, 0.717) is 5.39 Å². The molecule has 2 saturated heterocycles. The summed E-state index contributed by atoms with van der Waals surface area (Å²) in [5.74, 6) is 0. The minimum atomic E-state index is -3.91. The third-order valence-corrected chi connectivity index (χ3v) is 21.4. The van der Waals surface area contributed by atoms with Crippen molar-refractivity contribution in [3.63, 3.8) is 0 Å². The summed E-state index contributed by atoms with van der Waals surface area (Å²) in [4.78, 5) is 2.12. The number of anilines is 1. The molecule has 0 saturated carbocycles. The maximum Gasteiger partial charge on any atom is 0.241 e. The van der Waals surface area contributed by atoms with Crippen molar-refractivity contribution in [2.75, 3.05) is 45.4 Å². The molecule has 0 aromatic heterocycles. The molecule has 296 valence electrons. The Labute approximate surface area is 312 Å². The predicted molar refractivity (Wildman–Crippen MR) is 206 cm³/mol. The van der Waals surface area contributed by atoms with Crippen molar-refractivity contribution in [1.82, 2.24) is 4.72 Å². The highest BCUT2D eigenvalue weighted by Gasteiger charge is 2.55. The van der Waals surface area contributed by atoms with Crippen LogP contribution in [0.2, 0.25) is 36.3 Å². The maximum absolute atomic E-state index is 13.6. The number of sulfonamides is 1. The van der Waals surface area contributed by atoms with Gasteiger partial charge in [0.25, 0.3) is 0 Å². The molecule has 2 heterocycles. The molecule has 2 fully saturated rings. The molecule has 0 unspecified atom stereocenters. The van der Waals surface area contributed by atoms with Gasteiger partial charge in [0, 0.05) is 37.1 Å². The van der Waals surface area contributed by atoms with Gasteiger partial charge in [0.05, 0.1) is 24.7 Å². The molecule has 0 aliphatic carbocycles. The summed E-state index contributed by atoms with van der Waals surface area (Å²) in [7, 11) is -4.98. The van der Waals surface area contributed by atoms with Crippen molar-refractivity contribution in [2.24, 2.45) is 0 Å². The third-order valence-electron chi connectivity index (χ3n) is 11.0. The molecule has 2 aliphatic heterocycles. The van der Waals surface area contributed by atoms with Gasteiger partial charge in [-0.25, -0.2) is 13.1 Å². The SMILES string of the molecule is CN(C)c1cccc2c(S(=O)(=O)NCCO[C@H]3O[C@H](CO[C@H]4O[C@H](CO)[C@@H](O)[C@@H]4O)[C@@H](O[Si](C)(C)C(C)(C)C)[C@@H]3O[Si](C)(C)C(C)(C)C)cccc12. The Morgan fingerprint density at radius 2 is 1.35 bits per heavy atom. The lowest BCUT2D eigenvalue weighted by Gasteiger charge is -2.44. The Balaban J connectivity index is 1.58. The molecule has 0 bridgehead atoms. The van der Waals surface area contributed by atoms with Crippen molar-refractivity contribution in [2.45, 2.75) is 132 Å². The summed E-state index contributed by atoms with van der Waals surface area (Å²) in [6, 6.07) is 10.8. The van der Waals surface area contributed by atoms with Gasteiger partial charge in [0.15, 0.2) is 29.2 Å². The van der Waals surface area contributed by atoms with Crippen LogP contribution in [0.1, 0.15) is 41.5 Å². The van der Waals surface area contributed by atoms with E-state index in [2.05, 4.69) is 72.5 Å². The second-order valence-electron chi connectivity index (χ2n) is 17.1. The van der Waals surface area contributed by atoms with Crippen LogP contribution in [0.25, 0.3) is 10.8 Å². The van der Waals surface area contributed by atoms with Crippen molar-refractivity contribution < 1.29 is 51.5 Å². The molecule has 4 rings (SSSR count). The highest BCUT2D eigenvalue weighted by molar-refractivity contribution is 7.89. The zero-order chi connectivity index (χ0) is 39.0. The van der Waals surface area contributed by atoms with E-state index >= 15 is 0 Å². The van der Waals surface area contributed by atoms with E-state index in [9.17, 15) is 23.7 Å². The Kier molecular flexibility index (Phi) is 13.5. The van der Waals surface area contributed by atoms with Crippen molar-refractivity contribution >= 4 is 43.1 Å². The topological polar surface area (TPSA) is 165 Å². The van der Waals surface area contributed by atoms with E-state index in [0.717, 1.165) is 11.1 Å². The summed E-state index contributed by atoms with van der Waals surface area (Å²) in [6.07, 6.45) is -7.85. The molecule has 16 heteroatoms. The second kappa shape index (κ2) is 16.3. The summed E-state index contributed by atoms with van der Waals surface area (Å²) < 4.78 is 68.3. The highest BCUT2D eigenvalue weighted by atomic mass is 32.2. The number of nitrogens with zero attached hydrogens (tertiary/aromatic N) is 1. The number of benzene rings is 2. The van der Waals surface area contributed by atoms with Gasteiger partial charge >= 0.3 is 0 Å². The minimum absolute atomic E-state index is 0.0236. The van der Waals surface area contributed by atoms with Crippen LogP contribution in [0.4, 0.5) is 5.69 Å². The molecule has 52 heavy (non-hydrogen) atoms. The average Bonchev–Trinajstić information content (AvgIpc) is 3.49. The smallest absolute Gasteiger partial charge is 0.241 e. The molecule has 13 nitrogen and oxygen atoms in total. The second-order valence-corrected chi connectivity index (χ2v) is 28.3. The van der Waals surface area contributed by atoms with Crippen LogP contribution in [0.5, 0.6) is 0 Å². The number of aliphatic hydroxyl groups is 3. The fourth-order valence-corrected chi connectivity index (χ4v) is 9.60. The Hall–Kier alpha value is -1.52. The molecule has 0 amide bonds. The lowest BCUT2D eigenvalue weighted by atomic mass is 10.1. The van der Waals surface area contributed by atoms with E-state index < -0.39 is 82.5 Å². The van der Waals surface area contributed by atoms with Crippen LogP contribution in [0.15, 0.2) is 41.3 Å². The molecule has 8 atom stereocenters. The van der Waals surface area contributed by atoms with E-state index in [1.54, 1.807) is 18.2 Å². The number of ether oxygens (including phenoxy) is 4. The fourth-order valence-electron chi connectivity index (χ4n) is 5.77. The highest BCUT2D eigenvalue weighted by Crippen LogP contribution is 2.44. The van der Waals surface area contributed by atoms with E-state index in [1.807, 2.05) is 37.2 Å². The van der Waals surface area contributed by atoms with Gasteiger partial charge in [-0.1, -0.05) is 65.8 Å². The van der Waals surface area contributed by atoms with Crippen LogP contribution in [-0.2, 0) is 37.8 Å². The van der Waals surface area contributed by atoms with Crippen LogP contribution in [0.3, 0.4) is 0 Å². The monoisotopic (exact) mass is 786 g/mol. The average molecular weight is 787 g/mol. The molecule has 2 aromatic carbocycles. The first-order valence-corrected chi connectivity index (χ1v) is 25.3. The van der Waals surface area contributed by atoms with Gasteiger partial charge in [-0.15, -0.1) is 0 Å². The van der Waals surface area contributed by atoms with Crippen LogP contribution >= 0.6 is 0 Å². The van der Waals surface area contributed by atoms with E-state index in [-0.39, 0.29) is 34.7 Å². The molecule has 2 aromatic rings. The number of nitrogens with one attached hydrogen (secondary N) is 1. The Morgan fingerprint density at radius 1 is 0.788 bits per heavy atom. The molecular weight excluding hydrogens is 725 g/mol. The number of fused-ring (bicyclic) bond motifs is 1. The molecule has 2 aliphatic rings. The molecule has 4 N–H and O–H groups in total. The maximum atomic E-state index is 13.6. The fraction of sp³-hybridized carbons (Fsp3) is 0.722. The van der Waals surface area contributed by atoms with Crippen LogP contribution < -0.4 is 9.62 Å². The van der Waals surface area contributed by atoms with Gasteiger partial charge in [0.1, 0.15) is 36.6 Å². The minimum Gasteiger partial charge on any atom is -0.408 e. The Bertz CT molecular complexity index is 1610. The van der Waals surface area contributed by atoms with E-state index in [4.69, 9.17) is 27.8 Å². The van der Waals surface area contributed by atoms with Crippen LogP contribution in [0, 0.1) is 0 Å². The van der Waals surface area contributed by atoms with Gasteiger partial charge in [-0.3, -0.25) is 0 Å². The van der Waals surface area contributed by atoms with E-state index in [1.165, 1.54) is 0 Å². The number of aliphatic hydroxyl groups excluding tert-OH is 3. The van der Waals surface area contributed by atoms with Crippen LogP contribution in [-0.4, -0.2) is 130 Å². The predicted octanol–water partition coefficient (Wildman–Crippen LogP) is 4.16. The normalized spacial score (nSPS) is 27.8. The lowest BCUT2D eigenvalue weighted by Crippen LogP contribution is -2.55. The van der Waals surface area contributed by atoms with Gasteiger partial charge in [0.2, 0.25) is 10.0 Å². The van der Waals surface area contributed by atoms with Gasteiger partial charge in [-0.05, 0) is 48.4 Å². The summed E-state index contributed by atoms with van der Waals surface area (Å²) in [5, 5.41) is 31.5. The van der Waals surface area contributed by atoms with Gasteiger partial charge in [-0.2, -0.15) is 0 Å². The van der Waals surface area contributed by atoms with Crippen molar-refractivity contribution in [3.05, 3.63) is 36.4 Å². The molecular formula is C36H62N2O11SSi2. The molecule has 0 radical (unpaired) electrons. The third kappa shape index (κ3) is 9.46. The zero-order valence-corrected chi connectivity index (χ0v) is 35.7. The summed E-state index contributed by atoms with van der Waals surface area (Å²) in [5.41, 5.74) is 0.912. The largest absolute Gasteiger partial charge is 0.408 e. The number of hydrogen-bond donors (Lipinski definition) is 4. The number of rotatable bonds is 15. The molecule has 0 spiro atoms. The number of hydrogen-bond acceptors (Lipinski definition) is 12. The summed E-state index contributed by atoms with van der Waals surface area (Å²) >= 11 is 0.